The summed E-state index contributed by atoms with van der Waals surface area (Å²) in [6.07, 6.45) is 1.81. The monoisotopic (exact) mass is 276 g/mol. The number of aryl methyl sites for hydroxylation is 1. The number of hydrogen-bond acceptors (Lipinski definition) is 3. The minimum absolute atomic E-state index is 0.202. The van der Waals surface area contributed by atoms with Gasteiger partial charge in [-0.3, -0.25) is 4.57 Å². The van der Waals surface area contributed by atoms with E-state index in [9.17, 15) is 4.79 Å². The minimum Gasteiger partial charge on any atom is -0.259 e. The molecule has 0 unspecified atom stereocenters. The maximum absolute atomic E-state index is 12.0. The fourth-order valence-electron chi connectivity index (χ4n) is 2.08. The molecule has 0 aliphatic carbocycles. The zero-order valence-corrected chi connectivity index (χ0v) is 12.9. The molecule has 0 amide bonds. The topological polar surface area (TPSA) is 34.9 Å². The molecule has 0 spiro atoms. The molecule has 0 N–H and O–H groups in total. The van der Waals surface area contributed by atoms with Gasteiger partial charge in [-0.2, -0.15) is 4.98 Å². The van der Waals surface area contributed by atoms with Crippen LogP contribution < -0.4 is 5.69 Å². The molecular weight excluding hydrogens is 256 g/mol. The van der Waals surface area contributed by atoms with Crippen LogP contribution in [0.15, 0.2) is 23.1 Å². The smallest absolute Gasteiger partial charge is 0.259 e. The second kappa shape index (κ2) is 5.29. The van der Waals surface area contributed by atoms with Gasteiger partial charge in [0.15, 0.2) is 0 Å². The van der Waals surface area contributed by atoms with Gasteiger partial charge in [0.1, 0.15) is 5.00 Å². The molecule has 102 valence electrons. The molecule has 4 heteroatoms. The molecule has 2 heterocycles. The SMILES string of the molecule is Cc1ccn(-c2cc(C(C)C)c(C(C)C)s2)c(=O)n1. The summed E-state index contributed by atoms with van der Waals surface area (Å²) in [5.74, 6) is 0.946. The van der Waals surface area contributed by atoms with Crippen molar-refractivity contribution in [3.63, 3.8) is 0 Å². The highest BCUT2D eigenvalue weighted by Crippen LogP contribution is 2.35. The molecule has 0 aromatic carbocycles. The number of rotatable bonds is 3. The molecule has 0 atom stereocenters. The largest absolute Gasteiger partial charge is 0.352 e. The van der Waals surface area contributed by atoms with E-state index in [-0.39, 0.29) is 5.69 Å². The van der Waals surface area contributed by atoms with Crippen molar-refractivity contribution in [2.75, 3.05) is 0 Å². The zero-order valence-electron chi connectivity index (χ0n) is 12.1. The molecule has 0 aliphatic rings. The molecule has 0 bridgehead atoms. The maximum atomic E-state index is 12.0. The second-order valence-corrected chi connectivity index (χ2v) is 6.50. The predicted octanol–water partition coefficient (Wildman–Crippen LogP) is 3.85. The van der Waals surface area contributed by atoms with Crippen molar-refractivity contribution in [1.82, 2.24) is 9.55 Å². The molecule has 0 fully saturated rings. The van der Waals surface area contributed by atoms with Crippen LogP contribution in [0.25, 0.3) is 5.00 Å². The third-order valence-corrected chi connectivity index (χ3v) is 4.56. The third-order valence-electron chi connectivity index (χ3n) is 3.10. The lowest BCUT2D eigenvalue weighted by Gasteiger charge is -2.08. The average molecular weight is 276 g/mol. The average Bonchev–Trinajstić information content (AvgIpc) is 2.73. The van der Waals surface area contributed by atoms with E-state index in [2.05, 4.69) is 38.7 Å². The zero-order chi connectivity index (χ0) is 14.2. The van der Waals surface area contributed by atoms with Crippen molar-refractivity contribution >= 4 is 11.3 Å². The summed E-state index contributed by atoms with van der Waals surface area (Å²) in [5.41, 5.74) is 1.89. The van der Waals surface area contributed by atoms with E-state index in [1.807, 2.05) is 19.2 Å². The van der Waals surface area contributed by atoms with Gasteiger partial charge in [-0.15, -0.1) is 11.3 Å². The molecule has 0 radical (unpaired) electrons. The van der Waals surface area contributed by atoms with E-state index in [0.717, 1.165) is 10.7 Å². The maximum Gasteiger partial charge on any atom is 0.352 e. The lowest BCUT2D eigenvalue weighted by Crippen LogP contribution is -2.20. The summed E-state index contributed by atoms with van der Waals surface area (Å²) in [6, 6.07) is 3.99. The molecule has 0 aliphatic heterocycles. The highest BCUT2D eigenvalue weighted by Gasteiger charge is 2.16. The molecule has 0 saturated carbocycles. The summed E-state index contributed by atoms with van der Waals surface area (Å²) < 4.78 is 1.63. The van der Waals surface area contributed by atoms with Gasteiger partial charge < -0.3 is 0 Å². The Morgan fingerprint density at radius 3 is 2.37 bits per heavy atom. The highest BCUT2D eigenvalue weighted by atomic mass is 32.1. The standard InChI is InChI=1S/C15H20N2OS/c1-9(2)12-8-13(19-14(12)10(3)4)17-7-6-11(5)16-15(17)18/h6-10H,1-5H3. The number of hydrogen-bond donors (Lipinski definition) is 0. The third kappa shape index (κ3) is 2.78. The molecule has 2 aromatic rings. The quantitative estimate of drug-likeness (QED) is 0.853. The normalized spacial score (nSPS) is 11.5. The van der Waals surface area contributed by atoms with Crippen LogP contribution in [0.3, 0.4) is 0 Å². The van der Waals surface area contributed by atoms with Gasteiger partial charge in [0.05, 0.1) is 0 Å². The molecule has 3 nitrogen and oxygen atoms in total. The molecule has 2 rings (SSSR count). The Hall–Kier alpha value is -1.42. The van der Waals surface area contributed by atoms with Gasteiger partial charge in [-0.25, -0.2) is 4.79 Å². The van der Waals surface area contributed by atoms with Crippen molar-refractivity contribution in [1.29, 1.82) is 0 Å². The van der Waals surface area contributed by atoms with Gasteiger partial charge in [-0.1, -0.05) is 27.7 Å². The highest BCUT2D eigenvalue weighted by molar-refractivity contribution is 7.14. The van der Waals surface area contributed by atoms with Crippen LogP contribution >= 0.6 is 11.3 Å². The first-order valence-electron chi connectivity index (χ1n) is 6.60. The summed E-state index contributed by atoms with van der Waals surface area (Å²) in [5, 5.41) is 0.963. The first-order chi connectivity index (χ1) is 8.90. The minimum atomic E-state index is -0.202. The van der Waals surface area contributed by atoms with Crippen LogP contribution in [0.2, 0.25) is 0 Å². The van der Waals surface area contributed by atoms with Gasteiger partial charge in [0.2, 0.25) is 0 Å². The van der Waals surface area contributed by atoms with Crippen molar-refractivity contribution in [3.05, 3.63) is 44.9 Å². The van der Waals surface area contributed by atoms with Gasteiger partial charge in [-0.05, 0) is 36.5 Å². The van der Waals surface area contributed by atoms with Crippen LogP contribution in [0.5, 0.6) is 0 Å². The Kier molecular flexibility index (Phi) is 3.90. The Labute approximate surface area is 117 Å². The molecular formula is C15H20N2OS. The number of aromatic nitrogens is 2. The molecule has 0 saturated heterocycles. The number of thiophene rings is 1. The van der Waals surface area contributed by atoms with Crippen LogP contribution in [-0.2, 0) is 0 Å². The second-order valence-electron chi connectivity index (χ2n) is 5.44. The summed E-state index contributed by atoms with van der Waals surface area (Å²) in [7, 11) is 0. The summed E-state index contributed by atoms with van der Waals surface area (Å²) in [6.45, 7) is 10.6. The number of nitrogens with zero attached hydrogens (tertiary/aromatic N) is 2. The Morgan fingerprint density at radius 2 is 1.89 bits per heavy atom. The Balaban J connectivity index is 2.57. The van der Waals surface area contributed by atoms with E-state index in [1.165, 1.54) is 10.4 Å². The lowest BCUT2D eigenvalue weighted by atomic mass is 9.99. The van der Waals surface area contributed by atoms with E-state index < -0.39 is 0 Å². The first-order valence-corrected chi connectivity index (χ1v) is 7.42. The van der Waals surface area contributed by atoms with Crippen molar-refractivity contribution in [2.24, 2.45) is 0 Å². The summed E-state index contributed by atoms with van der Waals surface area (Å²) in [4.78, 5) is 17.3. The van der Waals surface area contributed by atoms with Crippen LogP contribution in [0.4, 0.5) is 0 Å². The Bertz CT molecular complexity index is 612. The fourth-order valence-corrected chi connectivity index (χ4v) is 3.38. The fraction of sp³-hybridized carbons (Fsp3) is 0.467. The van der Waals surface area contributed by atoms with Crippen molar-refractivity contribution < 1.29 is 0 Å². The lowest BCUT2D eigenvalue weighted by molar-refractivity contribution is 0.808. The van der Waals surface area contributed by atoms with Crippen molar-refractivity contribution in [2.45, 2.75) is 46.5 Å². The van der Waals surface area contributed by atoms with Crippen LogP contribution in [0.1, 0.15) is 55.7 Å². The molecule has 2 aromatic heterocycles. The van der Waals surface area contributed by atoms with E-state index in [0.29, 0.717) is 11.8 Å². The van der Waals surface area contributed by atoms with E-state index >= 15 is 0 Å². The van der Waals surface area contributed by atoms with Crippen LogP contribution in [0, 0.1) is 6.92 Å². The first kappa shape index (κ1) is 14.0. The van der Waals surface area contributed by atoms with Crippen molar-refractivity contribution in [3.8, 4) is 5.00 Å². The Morgan fingerprint density at radius 1 is 1.21 bits per heavy atom. The van der Waals surface area contributed by atoms with Gasteiger partial charge in [0.25, 0.3) is 0 Å². The van der Waals surface area contributed by atoms with E-state index in [1.54, 1.807) is 15.9 Å². The predicted molar refractivity (Wildman–Crippen MR) is 80.6 cm³/mol. The molecule has 19 heavy (non-hydrogen) atoms. The van der Waals surface area contributed by atoms with E-state index in [4.69, 9.17) is 0 Å². The summed E-state index contributed by atoms with van der Waals surface area (Å²) >= 11 is 1.69. The van der Waals surface area contributed by atoms with Crippen LogP contribution in [-0.4, -0.2) is 9.55 Å². The van der Waals surface area contributed by atoms with Gasteiger partial charge in [0, 0.05) is 16.8 Å². The van der Waals surface area contributed by atoms with Gasteiger partial charge >= 0.3 is 5.69 Å².